The van der Waals surface area contributed by atoms with Gasteiger partial charge in [-0.05, 0) is 36.9 Å². The molecular weight excluding hydrogens is 384 g/mol. The first-order valence-corrected chi connectivity index (χ1v) is 11.2. The number of carbonyl (C=O) groups excluding carboxylic acids is 2. The second-order valence-electron chi connectivity index (χ2n) is 5.85. The van der Waals surface area contributed by atoms with Crippen LogP contribution in [0.5, 0.6) is 0 Å². The van der Waals surface area contributed by atoms with Crippen molar-refractivity contribution in [1.82, 2.24) is 0 Å². The van der Waals surface area contributed by atoms with Gasteiger partial charge in [0.2, 0.25) is 15.9 Å². The van der Waals surface area contributed by atoms with Crippen molar-refractivity contribution in [3.05, 3.63) is 54.1 Å². The Labute approximate surface area is 164 Å². The molecule has 0 radical (unpaired) electrons. The number of amides is 1. The fourth-order valence-electron chi connectivity index (χ4n) is 2.45. The van der Waals surface area contributed by atoms with Crippen molar-refractivity contribution in [2.45, 2.75) is 18.7 Å². The number of benzene rings is 2. The van der Waals surface area contributed by atoms with E-state index in [0.717, 1.165) is 21.2 Å². The summed E-state index contributed by atoms with van der Waals surface area (Å²) in [5.74, 6) is 0.207. The van der Waals surface area contributed by atoms with Gasteiger partial charge >= 0.3 is 0 Å². The van der Waals surface area contributed by atoms with E-state index in [4.69, 9.17) is 0 Å². The van der Waals surface area contributed by atoms with Gasteiger partial charge in [-0.2, -0.15) is 0 Å². The third kappa shape index (κ3) is 5.83. The lowest BCUT2D eigenvalue weighted by atomic mass is 10.1. The second kappa shape index (κ2) is 9.05. The van der Waals surface area contributed by atoms with E-state index in [1.165, 1.54) is 13.0 Å². The summed E-state index contributed by atoms with van der Waals surface area (Å²) in [5.41, 5.74) is 1.29. The van der Waals surface area contributed by atoms with Crippen molar-refractivity contribution >= 4 is 44.9 Å². The lowest BCUT2D eigenvalue weighted by Crippen LogP contribution is -2.37. The molecule has 27 heavy (non-hydrogen) atoms. The monoisotopic (exact) mass is 406 g/mol. The molecular formula is C19H22N2O4S2. The van der Waals surface area contributed by atoms with Crippen molar-refractivity contribution in [1.29, 1.82) is 0 Å². The Morgan fingerprint density at radius 1 is 1.11 bits per heavy atom. The SMILES string of the molecule is CCSc1ccccc1NC(=O)CN(c1cccc(C(C)=O)c1)S(C)(=O)=O. The van der Waals surface area contributed by atoms with Crippen molar-refractivity contribution in [3.8, 4) is 0 Å². The minimum atomic E-state index is -3.71. The summed E-state index contributed by atoms with van der Waals surface area (Å²) in [4.78, 5) is 25.0. The Morgan fingerprint density at radius 3 is 2.44 bits per heavy atom. The number of Topliss-reactive ketones (excluding diaryl/α,β-unsaturated/α-hetero) is 1. The molecule has 1 N–H and O–H groups in total. The van der Waals surface area contributed by atoms with Gasteiger partial charge in [-0.3, -0.25) is 13.9 Å². The van der Waals surface area contributed by atoms with Gasteiger partial charge in [0.15, 0.2) is 5.78 Å². The number of carbonyl (C=O) groups is 2. The molecule has 0 saturated heterocycles. The number of nitrogens with zero attached hydrogens (tertiary/aromatic N) is 1. The summed E-state index contributed by atoms with van der Waals surface area (Å²) in [6, 6.07) is 13.6. The maximum Gasteiger partial charge on any atom is 0.245 e. The molecule has 2 aromatic carbocycles. The first-order chi connectivity index (χ1) is 12.7. The highest BCUT2D eigenvalue weighted by Crippen LogP contribution is 2.27. The van der Waals surface area contributed by atoms with Crippen molar-refractivity contribution in [3.63, 3.8) is 0 Å². The third-order valence-electron chi connectivity index (χ3n) is 3.69. The van der Waals surface area contributed by atoms with Crippen LogP contribution < -0.4 is 9.62 Å². The number of para-hydroxylation sites is 1. The van der Waals surface area contributed by atoms with Crippen LogP contribution in [0.4, 0.5) is 11.4 Å². The number of sulfonamides is 1. The highest BCUT2D eigenvalue weighted by atomic mass is 32.2. The molecule has 2 aromatic rings. The summed E-state index contributed by atoms with van der Waals surface area (Å²) in [6.07, 6.45) is 1.03. The molecule has 2 rings (SSSR count). The van der Waals surface area contributed by atoms with Crippen LogP contribution in [-0.4, -0.2) is 38.7 Å². The summed E-state index contributed by atoms with van der Waals surface area (Å²) >= 11 is 1.59. The van der Waals surface area contributed by atoms with Gasteiger partial charge < -0.3 is 5.32 Å². The standard InChI is InChI=1S/C19H22N2O4S2/c1-4-26-18-11-6-5-10-17(18)20-19(23)13-21(27(3,24)25)16-9-7-8-15(12-16)14(2)22/h5-12H,4,13H2,1-3H3,(H,20,23). The van der Waals surface area contributed by atoms with E-state index in [-0.39, 0.29) is 18.0 Å². The molecule has 0 unspecified atom stereocenters. The van der Waals surface area contributed by atoms with Crippen LogP contribution in [-0.2, 0) is 14.8 Å². The number of rotatable bonds is 8. The zero-order valence-electron chi connectivity index (χ0n) is 15.4. The van der Waals surface area contributed by atoms with Crippen LogP contribution in [0.1, 0.15) is 24.2 Å². The number of ketones is 1. The zero-order chi connectivity index (χ0) is 20.0. The van der Waals surface area contributed by atoms with E-state index >= 15 is 0 Å². The average molecular weight is 407 g/mol. The largest absolute Gasteiger partial charge is 0.323 e. The molecule has 144 valence electrons. The molecule has 0 heterocycles. The maximum atomic E-state index is 12.5. The molecule has 0 aliphatic heterocycles. The molecule has 0 aliphatic rings. The number of nitrogens with one attached hydrogen (secondary N) is 1. The topological polar surface area (TPSA) is 83.6 Å². The van der Waals surface area contributed by atoms with E-state index in [2.05, 4.69) is 5.32 Å². The van der Waals surface area contributed by atoms with Crippen LogP contribution in [0.2, 0.25) is 0 Å². The molecule has 0 spiro atoms. The van der Waals surface area contributed by atoms with Gasteiger partial charge in [-0.25, -0.2) is 8.42 Å². The molecule has 0 fully saturated rings. The quantitative estimate of drug-likeness (QED) is 0.537. The maximum absolute atomic E-state index is 12.5. The lowest BCUT2D eigenvalue weighted by Gasteiger charge is -2.22. The predicted molar refractivity (Wildman–Crippen MR) is 110 cm³/mol. The summed E-state index contributed by atoms with van der Waals surface area (Å²) < 4.78 is 25.4. The van der Waals surface area contributed by atoms with Crippen molar-refractivity contribution in [2.75, 3.05) is 28.2 Å². The average Bonchev–Trinajstić information content (AvgIpc) is 2.60. The first kappa shape index (κ1) is 21.0. The first-order valence-electron chi connectivity index (χ1n) is 8.32. The van der Waals surface area contributed by atoms with Crippen molar-refractivity contribution in [2.24, 2.45) is 0 Å². The lowest BCUT2D eigenvalue weighted by molar-refractivity contribution is -0.114. The van der Waals surface area contributed by atoms with E-state index in [9.17, 15) is 18.0 Å². The smallest absolute Gasteiger partial charge is 0.245 e. The fraction of sp³-hybridized carbons (Fsp3) is 0.263. The van der Waals surface area contributed by atoms with E-state index < -0.39 is 15.9 Å². The molecule has 0 saturated carbocycles. The van der Waals surface area contributed by atoms with Crippen molar-refractivity contribution < 1.29 is 18.0 Å². The Balaban J connectivity index is 2.26. The predicted octanol–water partition coefficient (Wildman–Crippen LogP) is 3.41. The minimum absolute atomic E-state index is 0.180. The van der Waals surface area contributed by atoms with Crippen LogP contribution in [0, 0.1) is 0 Å². The molecule has 1 amide bonds. The number of hydrogen-bond acceptors (Lipinski definition) is 5. The fourth-order valence-corrected chi connectivity index (χ4v) is 4.06. The molecule has 0 atom stereocenters. The van der Waals surface area contributed by atoms with E-state index in [1.54, 1.807) is 42.1 Å². The van der Waals surface area contributed by atoms with Gasteiger partial charge in [-0.15, -0.1) is 11.8 Å². The van der Waals surface area contributed by atoms with Gasteiger partial charge in [0.05, 0.1) is 17.6 Å². The summed E-state index contributed by atoms with van der Waals surface area (Å²) in [5, 5.41) is 2.77. The summed E-state index contributed by atoms with van der Waals surface area (Å²) in [7, 11) is -3.71. The Bertz CT molecular complexity index is 942. The zero-order valence-corrected chi connectivity index (χ0v) is 17.1. The molecule has 8 heteroatoms. The molecule has 6 nitrogen and oxygen atoms in total. The molecule has 0 aliphatic carbocycles. The number of hydrogen-bond donors (Lipinski definition) is 1. The normalized spacial score (nSPS) is 11.1. The van der Waals surface area contributed by atoms with Gasteiger partial charge in [0.1, 0.15) is 6.54 Å². The van der Waals surface area contributed by atoms with Gasteiger partial charge in [0, 0.05) is 10.5 Å². The van der Waals surface area contributed by atoms with E-state index in [1.807, 2.05) is 19.1 Å². The van der Waals surface area contributed by atoms with Crippen LogP contribution in [0.15, 0.2) is 53.4 Å². The molecule has 0 bridgehead atoms. The summed E-state index contributed by atoms with van der Waals surface area (Å²) in [6.45, 7) is 3.03. The molecule has 0 aromatic heterocycles. The number of anilines is 2. The second-order valence-corrected chi connectivity index (χ2v) is 9.07. The highest BCUT2D eigenvalue weighted by molar-refractivity contribution is 7.99. The minimum Gasteiger partial charge on any atom is -0.323 e. The van der Waals surface area contributed by atoms with E-state index in [0.29, 0.717) is 11.3 Å². The van der Waals surface area contributed by atoms with Gasteiger partial charge in [0.25, 0.3) is 0 Å². The third-order valence-corrected chi connectivity index (χ3v) is 5.79. The van der Waals surface area contributed by atoms with Crippen LogP contribution in [0.3, 0.4) is 0 Å². The van der Waals surface area contributed by atoms with Crippen LogP contribution in [0.25, 0.3) is 0 Å². The van der Waals surface area contributed by atoms with Crippen LogP contribution >= 0.6 is 11.8 Å². The Morgan fingerprint density at radius 2 is 1.81 bits per heavy atom. The number of thioether (sulfide) groups is 1. The Kier molecular flexibility index (Phi) is 7.04. The van der Waals surface area contributed by atoms with Gasteiger partial charge in [-0.1, -0.05) is 31.2 Å². The Hall–Kier alpha value is -2.32. The highest BCUT2D eigenvalue weighted by Gasteiger charge is 2.22.